The Morgan fingerprint density at radius 3 is 2.84 bits per heavy atom. The molecule has 0 aliphatic carbocycles. The molecule has 2 aromatic heterocycles. The number of nitrogens with one attached hydrogen (secondary N) is 1. The lowest BCUT2D eigenvalue weighted by Gasteiger charge is -2.26. The third-order valence-corrected chi connectivity index (χ3v) is 4.55. The van der Waals surface area contributed by atoms with Gasteiger partial charge in [0.15, 0.2) is 0 Å². The highest BCUT2D eigenvalue weighted by Gasteiger charge is 2.24. The predicted octanol–water partition coefficient (Wildman–Crippen LogP) is 3.27. The van der Waals surface area contributed by atoms with Crippen molar-refractivity contribution in [2.45, 2.75) is 25.4 Å². The van der Waals surface area contributed by atoms with Gasteiger partial charge in [0.1, 0.15) is 5.76 Å². The summed E-state index contributed by atoms with van der Waals surface area (Å²) in [7, 11) is 0. The van der Waals surface area contributed by atoms with Gasteiger partial charge in [0.2, 0.25) is 0 Å². The van der Waals surface area contributed by atoms with Crippen molar-refractivity contribution in [1.29, 1.82) is 0 Å². The Kier molecular flexibility index (Phi) is 4.33. The van der Waals surface area contributed by atoms with E-state index in [-0.39, 0.29) is 0 Å². The lowest BCUT2D eigenvalue weighted by atomic mass is 10.2. The first-order chi connectivity index (χ1) is 9.43. The van der Waals surface area contributed by atoms with E-state index in [4.69, 9.17) is 4.42 Å². The van der Waals surface area contributed by atoms with Gasteiger partial charge in [0.25, 0.3) is 0 Å². The Balaban J connectivity index is 1.59. The minimum atomic E-state index is 0.373. The highest BCUT2D eigenvalue weighted by molar-refractivity contribution is 7.09. The number of furan rings is 1. The van der Waals surface area contributed by atoms with Crippen LogP contribution in [-0.2, 0) is 6.54 Å². The van der Waals surface area contributed by atoms with E-state index < -0.39 is 0 Å². The van der Waals surface area contributed by atoms with Crippen LogP contribution in [-0.4, -0.2) is 24.5 Å². The fraction of sp³-hybridized carbons (Fsp3) is 0.467. The maximum atomic E-state index is 5.62. The molecule has 0 amide bonds. The molecule has 0 aromatic carbocycles. The normalized spacial score (nSPS) is 17.9. The van der Waals surface area contributed by atoms with Gasteiger partial charge >= 0.3 is 0 Å². The van der Waals surface area contributed by atoms with Crippen molar-refractivity contribution in [3.63, 3.8) is 0 Å². The lowest BCUT2D eigenvalue weighted by Crippen LogP contribution is -2.33. The van der Waals surface area contributed by atoms with Gasteiger partial charge in [-0.15, -0.1) is 11.3 Å². The molecule has 3 rings (SSSR count). The van der Waals surface area contributed by atoms with Gasteiger partial charge < -0.3 is 9.73 Å². The molecule has 102 valence electrons. The molecule has 1 atom stereocenters. The van der Waals surface area contributed by atoms with Gasteiger partial charge in [-0.3, -0.25) is 4.90 Å². The molecule has 1 fully saturated rings. The topological polar surface area (TPSA) is 28.4 Å². The third-order valence-electron chi connectivity index (χ3n) is 3.67. The highest BCUT2D eigenvalue weighted by Crippen LogP contribution is 2.25. The van der Waals surface area contributed by atoms with Crippen LogP contribution in [0, 0.1) is 0 Å². The molecule has 3 nitrogen and oxygen atoms in total. The van der Waals surface area contributed by atoms with Crippen LogP contribution in [0.25, 0.3) is 0 Å². The molecule has 19 heavy (non-hydrogen) atoms. The summed E-state index contributed by atoms with van der Waals surface area (Å²) in [4.78, 5) is 3.92. The molecule has 0 saturated carbocycles. The lowest BCUT2D eigenvalue weighted by molar-refractivity contribution is 0.209. The van der Waals surface area contributed by atoms with E-state index in [1.165, 1.54) is 30.8 Å². The van der Waals surface area contributed by atoms with Crippen molar-refractivity contribution in [1.82, 2.24) is 10.2 Å². The van der Waals surface area contributed by atoms with E-state index in [9.17, 15) is 0 Å². The summed E-state index contributed by atoms with van der Waals surface area (Å²) in [5.74, 6) is 1.08. The van der Waals surface area contributed by atoms with Crippen molar-refractivity contribution < 1.29 is 4.42 Å². The Morgan fingerprint density at radius 1 is 1.26 bits per heavy atom. The Hall–Kier alpha value is -1.10. The molecule has 1 saturated heterocycles. The molecule has 3 heterocycles. The number of nitrogens with zero attached hydrogens (tertiary/aromatic N) is 1. The van der Waals surface area contributed by atoms with Gasteiger partial charge in [-0.2, -0.15) is 0 Å². The number of rotatable bonds is 6. The molecule has 0 bridgehead atoms. The largest absolute Gasteiger partial charge is 0.468 e. The maximum Gasteiger partial charge on any atom is 0.122 e. The summed E-state index contributed by atoms with van der Waals surface area (Å²) < 4.78 is 5.62. The second-order valence-corrected chi connectivity index (χ2v) is 6.02. The second-order valence-electron chi connectivity index (χ2n) is 4.98. The average molecular weight is 276 g/mol. The van der Waals surface area contributed by atoms with Crippen molar-refractivity contribution in [2.75, 3.05) is 19.6 Å². The summed E-state index contributed by atoms with van der Waals surface area (Å²) in [5.41, 5.74) is 0. The molecular formula is C15H20N2OS. The average Bonchev–Trinajstić information content (AvgIpc) is 3.15. The number of thiophene rings is 1. The van der Waals surface area contributed by atoms with Crippen LogP contribution in [0.4, 0.5) is 0 Å². The van der Waals surface area contributed by atoms with Crippen LogP contribution in [0.1, 0.15) is 29.5 Å². The zero-order valence-electron chi connectivity index (χ0n) is 11.0. The molecule has 1 aliphatic heterocycles. The van der Waals surface area contributed by atoms with E-state index in [1.807, 2.05) is 6.07 Å². The van der Waals surface area contributed by atoms with Gasteiger partial charge in [-0.25, -0.2) is 0 Å². The Morgan fingerprint density at radius 2 is 2.16 bits per heavy atom. The molecule has 2 aromatic rings. The van der Waals surface area contributed by atoms with Crippen LogP contribution < -0.4 is 5.32 Å². The molecule has 1 aliphatic rings. The molecule has 4 heteroatoms. The SMILES string of the molecule is c1coc(C(CNCc2cccs2)N2CCCC2)c1. The van der Waals surface area contributed by atoms with Crippen molar-refractivity contribution in [2.24, 2.45) is 0 Å². The van der Waals surface area contributed by atoms with Crippen molar-refractivity contribution >= 4 is 11.3 Å². The standard InChI is InChI=1S/C15H20N2OS/c1-2-8-17(7-1)14(15-6-3-9-18-15)12-16-11-13-5-4-10-19-13/h3-6,9-10,14,16H,1-2,7-8,11-12H2. The minimum absolute atomic E-state index is 0.373. The zero-order valence-corrected chi connectivity index (χ0v) is 11.9. The van der Waals surface area contributed by atoms with Crippen LogP contribution in [0.5, 0.6) is 0 Å². The molecular weight excluding hydrogens is 256 g/mol. The van der Waals surface area contributed by atoms with Crippen LogP contribution in [0.15, 0.2) is 40.3 Å². The summed E-state index contributed by atoms with van der Waals surface area (Å²) >= 11 is 1.80. The first-order valence-electron chi connectivity index (χ1n) is 6.94. The fourth-order valence-electron chi connectivity index (χ4n) is 2.69. The van der Waals surface area contributed by atoms with E-state index in [2.05, 4.69) is 33.8 Å². The van der Waals surface area contributed by atoms with Gasteiger partial charge in [-0.05, 0) is 49.5 Å². The van der Waals surface area contributed by atoms with Crippen molar-refractivity contribution in [3.8, 4) is 0 Å². The summed E-state index contributed by atoms with van der Waals surface area (Å²) in [6.45, 7) is 4.27. The van der Waals surface area contributed by atoms with Crippen LogP contribution in [0.3, 0.4) is 0 Å². The van der Waals surface area contributed by atoms with Gasteiger partial charge in [0.05, 0.1) is 12.3 Å². The van der Waals surface area contributed by atoms with Crippen molar-refractivity contribution in [3.05, 3.63) is 46.5 Å². The van der Waals surface area contributed by atoms with Crippen LogP contribution in [0.2, 0.25) is 0 Å². The number of hydrogen-bond donors (Lipinski definition) is 1. The molecule has 0 radical (unpaired) electrons. The smallest absolute Gasteiger partial charge is 0.122 e. The summed E-state index contributed by atoms with van der Waals surface area (Å²) in [6.07, 6.45) is 4.39. The van der Waals surface area contributed by atoms with E-state index >= 15 is 0 Å². The molecule has 0 spiro atoms. The Bertz CT molecular complexity index is 460. The fourth-order valence-corrected chi connectivity index (χ4v) is 3.36. The zero-order chi connectivity index (χ0) is 12.9. The maximum absolute atomic E-state index is 5.62. The monoisotopic (exact) mass is 276 g/mol. The predicted molar refractivity (Wildman–Crippen MR) is 78.3 cm³/mol. The first kappa shape index (κ1) is 12.9. The summed E-state index contributed by atoms with van der Waals surface area (Å²) in [6, 6.07) is 8.73. The quantitative estimate of drug-likeness (QED) is 0.878. The second kappa shape index (κ2) is 6.37. The van der Waals surface area contributed by atoms with Crippen LogP contribution >= 0.6 is 11.3 Å². The number of hydrogen-bond acceptors (Lipinski definition) is 4. The minimum Gasteiger partial charge on any atom is -0.468 e. The molecule has 1 unspecified atom stereocenters. The Labute approximate surface area is 118 Å². The van der Waals surface area contributed by atoms with Gasteiger partial charge in [-0.1, -0.05) is 6.07 Å². The summed E-state index contributed by atoms with van der Waals surface area (Å²) in [5, 5.41) is 5.69. The first-order valence-corrected chi connectivity index (χ1v) is 7.82. The third kappa shape index (κ3) is 3.26. The van der Waals surface area contributed by atoms with E-state index in [1.54, 1.807) is 17.6 Å². The van der Waals surface area contributed by atoms with Gasteiger partial charge in [0, 0.05) is 18.0 Å². The number of likely N-dealkylation sites (tertiary alicyclic amines) is 1. The highest BCUT2D eigenvalue weighted by atomic mass is 32.1. The van der Waals surface area contributed by atoms with E-state index in [0.717, 1.165) is 18.8 Å². The van der Waals surface area contributed by atoms with E-state index in [0.29, 0.717) is 6.04 Å². The molecule has 1 N–H and O–H groups in total.